The Kier molecular flexibility index (Phi) is 8.26. The van der Waals surface area contributed by atoms with Crippen LogP contribution in [0.1, 0.15) is 22.3 Å². The van der Waals surface area contributed by atoms with Crippen LogP contribution in [0, 0.1) is 13.8 Å². The minimum atomic E-state index is -3.92. The first kappa shape index (κ1) is 24.9. The third-order valence-corrected chi connectivity index (χ3v) is 7.31. The van der Waals surface area contributed by atoms with Crippen molar-refractivity contribution in [1.82, 2.24) is 9.73 Å². The number of hydrogen-bond donors (Lipinski definition) is 1. The molecule has 0 saturated heterocycles. The molecule has 0 saturated carbocycles. The van der Waals surface area contributed by atoms with Gasteiger partial charge in [0.25, 0.3) is 5.91 Å². The van der Waals surface area contributed by atoms with Gasteiger partial charge >= 0.3 is 0 Å². The second-order valence-corrected chi connectivity index (χ2v) is 10.3. The Morgan fingerprint density at radius 2 is 1.70 bits per heavy atom. The van der Waals surface area contributed by atoms with Crippen molar-refractivity contribution < 1.29 is 13.2 Å². The van der Waals surface area contributed by atoms with E-state index in [0.717, 1.165) is 21.0 Å². The Morgan fingerprint density at radius 3 is 2.36 bits per heavy atom. The maximum Gasteiger partial charge on any atom is 0.255 e. The lowest BCUT2D eigenvalue weighted by Crippen LogP contribution is -2.39. The van der Waals surface area contributed by atoms with E-state index in [1.54, 1.807) is 30.3 Å². The molecule has 0 bridgehead atoms. The van der Waals surface area contributed by atoms with Crippen LogP contribution >= 0.6 is 23.2 Å². The van der Waals surface area contributed by atoms with Crippen LogP contribution in [-0.4, -0.2) is 31.4 Å². The summed E-state index contributed by atoms with van der Waals surface area (Å²) in [7, 11) is -3.92. The normalized spacial score (nSPS) is 11.8. The predicted octanol–water partition coefficient (Wildman–Crippen LogP) is 4.95. The number of amides is 1. The molecule has 0 aliphatic heterocycles. The molecule has 0 atom stereocenters. The van der Waals surface area contributed by atoms with Gasteiger partial charge in [0, 0.05) is 6.54 Å². The van der Waals surface area contributed by atoms with Crippen LogP contribution in [0.15, 0.2) is 76.7 Å². The van der Waals surface area contributed by atoms with Crippen LogP contribution in [0.25, 0.3) is 0 Å². The molecule has 3 aromatic rings. The molecular weight excluding hydrogens is 481 g/mol. The van der Waals surface area contributed by atoms with Crippen molar-refractivity contribution >= 4 is 45.3 Å². The molecule has 1 N–H and O–H groups in total. The maximum atomic E-state index is 13.3. The number of benzene rings is 3. The van der Waals surface area contributed by atoms with E-state index < -0.39 is 22.5 Å². The Labute approximate surface area is 203 Å². The van der Waals surface area contributed by atoms with Crippen molar-refractivity contribution in [3.8, 4) is 0 Å². The topological polar surface area (TPSA) is 78.8 Å². The first-order chi connectivity index (χ1) is 15.6. The first-order valence-electron chi connectivity index (χ1n) is 10.0. The summed E-state index contributed by atoms with van der Waals surface area (Å²) in [6.45, 7) is 3.44. The second kappa shape index (κ2) is 10.9. The number of hydrogen-bond acceptors (Lipinski definition) is 4. The summed E-state index contributed by atoms with van der Waals surface area (Å²) in [6.07, 6.45) is 1.40. The van der Waals surface area contributed by atoms with Gasteiger partial charge in [-0.1, -0.05) is 76.8 Å². The first-order valence-corrected chi connectivity index (χ1v) is 12.2. The van der Waals surface area contributed by atoms with Crippen LogP contribution in [0.5, 0.6) is 0 Å². The van der Waals surface area contributed by atoms with Crippen molar-refractivity contribution in [2.45, 2.75) is 25.3 Å². The molecule has 0 radical (unpaired) electrons. The Morgan fingerprint density at radius 1 is 0.970 bits per heavy atom. The van der Waals surface area contributed by atoms with E-state index in [4.69, 9.17) is 23.2 Å². The van der Waals surface area contributed by atoms with E-state index in [9.17, 15) is 13.2 Å². The van der Waals surface area contributed by atoms with Crippen molar-refractivity contribution in [3.63, 3.8) is 0 Å². The lowest BCUT2D eigenvalue weighted by Gasteiger charge is -2.22. The van der Waals surface area contributed by atoms with Gasteiger partial charge in [0.1, 0.15) is 0 Å². The summed E-state index contributed by atoms with van der Waals surface area (Å²) in [5, 5.41) is 4.67. The molecule has 1 amide bonds. The fourth-order valence-electron chi connectivity index (χ4n) is 3.07. The number of carbonyl (C=O) groups is 1. The fraction of sp³-hybridized carbons (Fsp3) is 0.167. The van der Waals surface area contributed by atoms with Gasteiger partial charge in [0.15, 0.2) is 0 Å². The number of sulfonamides is 1. The number of rotatable bonds is 8. The average Bonchev–Trinajstić information content (AvgIpc) is 2.76. The standard InChI is InChI=1S/C24H23Cl2N3O3S/c1-17-6-9-21(10-7-17)33(31,32)29(15-20-5-3-4-18(2)12-20)16-24(30)28-27-14-19-8-11-22(25)23(26)13-19/h3-14H,15-16H2,1-2H3,(H,28,30)/b27-14-. The molecule has 0 spiro atoms. The second-order valence-electron chi connectivity index (χ2n) is 7.54. The van der Waals surface area contributed by atoms with Gasteiger partial charge in [0.2, 0.25) is 10.0 Å². The van der Waals surface area contributed by atoms with Gasteiger partial charge < -0.3 is 0 Å². The maximum absolute atomic E-state index is 13.3. The Hall–Kier alpha value is -2.71. The third-order valence-electron chi connectivity index (χ3n) is 4.77. The summed E-state index contributed by atoms with van der Waals surface area (Å²) >= 11 is 11.9. The highest BCUT2D eigenvalue weighted by molar-refractivity contribution is 7.89. The molecule has 0 fully saturated rings. The number of halogens is 2. The third kappa shape index (κ3) is 6.88. The Bertz CT molecular complexity index is 1280. The zero-order valence-corrected chi connectivity index (χ0v) is 20.5. The average molecular weight is 504 g/mol. The number of hydrazone groups is 1. The van der Waals surface area contributed by atoms with Gasteiger partial charge in [-0.2, -0.15) is 9.41 Å². The summed E-state index contributed by atoms with van der Waals surface area (Å²) in [6, 6.07) is 18.9. The largest absolute Gasteiger partial charge is 0.272 e. The van der Waals surface area contributed by atoms with Crippen molar-refractivity contribution in [3.05, 3.63) is 99.0 Å². The number of carbonyl (C=O) groups excluding carboxylic acids is 1. The van der Waals surface area contributed by atoms with Gasteiger partial charge in [-0.15, -0.1) is 0 Å². The lowest BCUT2D eigenvalue weighted by atomic mass is 10.1. The van der Waals surface area contributed by atoms with Crippen LogP contribution in [0.3, 0.4) is 0 Å². The molecule has 0 unspecified atom stereocenters. The van der Waals surface area contributed by atoms with Gasteiger partial charge in [-0.05, 0) is 49.2 Å². The van der Waals surface area contributed by atoms with Crippen LogP contribution in [0.4, 0.5) is 0 Å². The van der Waals surface area contributed by atoms with E-state index >= 15 is 0 Å². The highest BCUT2D eigenvalue weighted by atomic mass is 35.5. The smallest absolute Gasteiger partial charge is 0.255 e. The molecule has 6 nitrogen and oxygen atoms in total. The fourth-order valence-corrected chi connectivity index (χ4v) is 4.76. The molecule has 0 aliphatic carbocycles. The van der Waals surface area contributed by atoms with Crippen molar-refractivity contribution in [2.75, 3.05) is 6.54 Å². The SMILES string of the molecule is Cc1ccc(S(=O)(=O)N(CC(=O)N/N=C\c2ccc(Cl)c(Cl)c2)Cc2cccc(C)c2)cc1. The van der Waals surface area contributed by atoms with E-state index in [2.05, 4.69) is 10.5 Å². The van der Waals surface area contributed by atoms with E-state index in [-0.39, 0.29) is 11.4 Å². The molecule has 0 aliphatic rings. The predicted molar refractivity (Wildman–Crippen MR) is 132 cm³/mol. The minimum absolute atomic E-state index is 0.0435. The quantitative estimate of drug-likeness (QED) is 0.348. The molecule has 172 valence electrons. The van der Waals surface area contributed by atoms with Crippen molar-refractivity contribution in [2.24, 2.45) is 5.10 Å². The molecule has 3 rings (SSSR count). The number of nitrogens with one attached hydrogen (secondary N) is 1. The van der Waals surface area contributed by atoms with Gasteiger partial charge in [-0.25, -0.2) is 13.8 Å². The van der Waals surface area contributed by atoms with Crippen molar-refractivity contribution in [1.29, 1.82) is 0 Å². The summed E-state index contributed by atoms with van der Waals surface area (Å²) in [5.74, 6) is -0.574. The van der Waals surface area contributed by atoms with Gasteiger partial charge in [-0.3, -0.25) is 4.79 Å². The zero-order chi connectivity index (χ0) is 24.0. The lowest BCUT2D eigenvalue weighted by molar-refractivity contribution is -0.121. The highest BCUT2D eigenvalue weighted by Gasteiger charge is 2.27. The molecule has 0 aromatic heterocycles. The molecule has 9 heteroatoms. The number of nitrogens with zero attached hydrogens (tertiary/aromatic N) is 2. The minimum Gasteiger partial charge on any atom is -0.272 e. The van der Waals surface area contributed by atoms with E-state index in [1.165, 1.54) is 18.3 Å². The monoisotopic (exact) mass is 503 g/mol. The van der Waals surface area contributed by atoms with Crippen LogP contribution < -0.4 is 5.43 Å². The van der Waals surface area contributed by atoms with Crippen LogP contribution in [0.2, 0.25) is 10.0 Å². The Balaban J connectivity index is 1.79. The van der Waals surface area contributed by atoms with Crippen LogP contribution in [-0.2, 0) is 21.4 Å². The molecule has 33 heavy (non-hydrogen) atoms. The highest BCUT2D eigenvalue weighted by Crippen LogP contribution is 2.22. The zero-order valence-electron chi connectivity index (χ0n) is 18.1. The molecular formula is C24H23Cl2N3O3S. The number of aryl methyl sites for hydroxylation is 2. The van der Waals surface area contributed by atoms with E-state index in [1.807, 2.05) is 38.1 Å². The summed E-state index contributed by atoms with van der Waals surface area (Å²) in [4.78, 5) is 12.7. The van der Waals surface area contributed by atoms with Gasteiger partial charge in [0.05, 0.1) is 27.7 Å². The van der Waals surface area contributed by atoms with E-state index in [0.29, 0.717) is 15.6 Å². The summed E-state index contributed by atoms with van der Waals surface area (Å²) < 4.78 is 27.8. The summed E-state index contributed by atoms with van der Waals surface area (Å²) in [5.41, 5.74) is 5.72. The molecule has 0 heterocycles. The molecule has 3 aromatic carbocycles.